The van der Waals surface area contributed by atoms with Gasteiger partial charge < -0.3 is 20.4 Å². The minimum atomic E-state index is -0.547. The summed E-state index contributed by atoms with van der Waals surface area (Å²) < 4.78 is 0. The molecule has 2 unspecified atom stereocenters. The summed E-state index contributed by atoms with van der Waals surface area (Å²) in [5.74, 6) is 0.00802. The van der Waals surface area contributed by atoms with Gasteiger partial charge in [-0.2, -0.15) is 0 Å². The number of benzene rings is 2. The Morgan fingerprint density at radius 3 is 2.45 bits per heavy atom. The number of piperidine rings is 2. The van der Waals surface area contributed by atoms with Gasteiger partial charge in [-0.15, -0.1) is 0 Å². The van der Waals surface area contributed by atoms with E-state index in [0.717, 1.165) is 55.5 Å². The molecule has 3 aliphatic rings. The molecule has 0 bridgehead atoms. The summed E-state index contributed by atoms with van der Waals surface area (Å²) in [5, 5.41) is 6.42. The van der Waals surface area contributed by atoms with Crippen LogP contribution in [0.25, 0.3) is 0 Å². The Hall–Kier alpha value is -3.19. The standard InChI is InChI=1S/C31H40N4O3/c1-31(2)25-12-6-7-13-27(25)35(30(31)38)24-16-19-34(20-17-24)29(37)26(15-14-22-9-4-3-5-10-22)33-28(36)23-11-8-18-32-21-23/h3-7,9-10,12-13,23-24,26,32H,8,11,14-21H2,1-2H3,(H,33,36). The number of para-hydroxylation sites is 1. The van der Waals surface area contributed by atoms with E-state index < -0.39 is 11.5 Å². The Bertz CT molecular complexity index is 1150. The lowest BCUT2D eigenvalue weighted by Crippen LogP contribution is -2.55. The van der Waals surface area contributed by atoms with Crippen molar-refractivity contribution in [3.8, 4) is 0 Å². The second-order valence-corrected chi connectivity index (χ2v) is 11.5. The molecule has 2 atom stereocenters. The summed E-state index contributed by atoms with van der Waals surface area (Å²) in [5.41, 5.74) is 2.70. The van der Waals surface area contributed by atoms with Gasteiger partial charge in [0, 0.05) is 31.4 Å². The molecule has 0 radical (unpaired) electrons. The van der Waals surface area contributed by atoms with Crippen LogP contribution in [0.1, 0.15) is 57.1 Å². The minimum Gasteiger partial charge on any atom is -0.344 e. The van der Waals surface area contributed by atoms with Crippen molar-refractivity contribution in [1.82, 2.24) is 15.5 Å². The summed E-state index contributed by atoms with van der Waals surface area (Å²) in [6.45, 7) is 6.76. The van der Waals surface area contributed by atoms with Crippen molar-refractivity contribution in [3.63, 3.8) is 0 Å². The molecular formula is C31H40N4O3. The molecule has 202 valence electrons. The van der Waals surface area contributed by atoms with Crippen LogP contribution < -0.4 is 15.5 Å². The average molecular weight is 517 g/mol. The summed E-state index contributed by atoms with van der Waals surface area (Å²) in [6.07, 6.45) is 4.59. The van der Waals surface area contributed by atoms with Crippen LogP contribution in [-0.2, 0) is 26.2 Å². The van der Waals surface area contributed by atoms with E-state index in [1.807, 2.05) is 66.1 Å². The number of aryl methyl sites for hydroxylation is 1. The van der Waals surface area contributed by atoms with Crippen molar-refractivity contribution in [3.05, 3.63) is 65.7 Å². The molecule has 3 amide bonds. The van der Waals surface area contributed by atoms with Crippen LogP contribution in [0.15, 0.2) is 54.6 Å². The van der Waals surface area contributed by atoms with Gasteiger partial charge in [-0.25, -0.2) is 0 Å². The smallest absolute Gasteiger partial charge is 0.245 e. The Balaban J connectivity index is 1.25. The number of amides is 3. The molecule has 0 spiro atoms. The van der Waals surface area contributed by atoms with Gasteiger partial charge in [-0.1, -0.05) is 48.5 Å². The van der Waals surface area contributed by atoms with Crippen LogP contribution in [0.4, 0.5) is 5.69 Å². The SMILES string of the molecule is CC1(C)C(=O)N(C2CCN(C(=O)C(CCc3ccccc3)NC(=O)C3CCCNC3)CC2)c2ccccc21. The van der Waals surface area contributed by atoms with Gasteiger partial charge in [0.25, 0.3) is 0 Å². The lowest BCUT2D eigenvalue weighted by atomic mass is 9.86. The van der Waals surface area contributed by atoms with E-state index in [0.29, 0.717) is 26.1 Å². The maximum absolute atomic E-state index is 13.7. The Labute approximate surface area is 226 Å². The largest absolute Gasteiger partial charge is 0.344 e. The summed E-state index contributed by atoms with van der Waals surface area (Å²) in [6, 6.07) is 17.7. The van der Waals surface area contributed by atoms with E-state index in [-0.39, 0.29) is 29.7 Å². The first-order chi connectivity index (χ1) is 18.4. The molecule has 2 fully saturated rings. The number of carbonyl (C=O) groups excluding carboxylic acids is 3. The molecule has 7 heteroatoms. The lowest BCUT2D eigenvalue weighted by molar-refractivity contribution is -0.138. The van der Waals surface area contributed by atoms with Crippen LogP contribution >= 0.6 is 0 Å². The number of carbonyl (C=O) groups is 3. The van der Waals surface area contributed by atoms with E-state index in [2.05, 4.69) is 22.8 Å². The maximum Gasteiger partial charge on any atom is 0.245 e. The number of fused-ring (bicyclic) bond motifs is 1. The van der Waals surface area contributed by atoms with Crippen molar-refractivity contribution in [1.29, 1.82) is 0 Å². The van der Waals surface area contributed by atoms with Crippen LogP contribution in [0.3, 0.4) is 0 Å². The molecule has 2 N–H and O–H groups in total. The molecule has 2 aromatic rings. The molecular weight excluding hydrogens is 476 g/mol. The predicted octanol–water partition coefficient (Wildman–Crippen LogP) is 3.42. The van der Waals surface area contributed by atoms with Crippen LogP contribution in [-0.4, -0.2) is 60.9 Å². The fourth-order valence-electron chi connectivity index (χ4n) is 6.24. The Morgan fingerprint density at radius 2 is 1.74 bits per heavy atom. The number of nitrogens with one attached hydrogen (secondary N) is 2. The number of hydrogen-bond donors (Lipinski definition) is 2. The first-order valence-corrected chi connectivity index (χ1v) is 14.1. The average Bonchev–Trinajstić information content (AvgIpc) is 3.16. The molecule has 2 aromatic carbocycles. The van der Waals surface area contributed by atoms with Crippen molar-refractivity contribution < 1.29 is 14.4 Å². The second-order valence-electron chi connectivity index (χ2n) is 11.5. The number of nitrogens with zero attached hydrogens (tertiary/aromatic N) is 2. The number of hydrogen-bond acceptors (Lipinski definition) is 4. The first-order valence-electron chi connectivity index (χ1n) is 14.1. The maximum atomic E-state index is 13.7. The van der Waals surface area contributed by atoms with Crippen LogP contribution in [0, 0.1) is 5.92 Å². The molecule has 38 heavy (non-hydrogen) atoms. The molecule has 5 rings (SSSR count). The fourth-order valence-corrected chi connectivity index (χ4v) is 6.24. The van der Waals surface area contributed by atoms with Gasteiger partial charge in [0.15, 0.2) is 0 Å². The third kappa shape index (κ3) is 5.35. The van der Waals surface area contributed by atoms with Crippen molar-refractivity contribution in [2.45, 2.75) is 69.9 Å². The number of rotatable bonds is 7. The van der Waals surface area contributed by atoms with Gasteiger partial charge in [-0.3, -0.25) is 14.4 Å². The van der Waals surface area contributed by atoms with E-state index in [9.17, 15) is 14.4 Å². The highest BCUT2D eigenvalue weighted by atomic mass is 16.2. The Morgan fingerprint density at radius 1 is 1.03 bits per heavy atom. The molecule has 7 nitrogen and oxygen atoms in total. The highest BCUT2D eigenvalue weighted by Gasteiger charge is 2.47. The normalized spacial score (nSPS) is 22.2. The minimum absolute atomic E-state index is 0.00928. The number of likely N-dealkylation sites (tertiary alicyclic amines) is 1. The van der Waals surface area contributed by atoms with Gasteiger partial charge in [0.2, 0.25) is 17.7 Å². The zero-order valence-electron chi connectivity index (χ0n) is 22.6. The topological polar surface area (TPSA) is 81.8 Å². The number of anilines is 1. The van der Waals surface area contributed by atoms with Crippen molar-refractivity contribution >= 4 is 23.4 Å². The fraction of sp³-hybridized carbons (Fsp3) is 0.516. The molecule has 3 heterocycles. The quantitative estimate of drug-likeness (QED) is 0.591. The summed E-state index contributed by atoms with van der Waals surface area (Å²) in [4.78, 5) is 44.1. The first kappa shape index (κ1) is 26.4. The van der Waals surface area contributed by atoms with Crippen LogP contribution in [0.5, 0.6) is 0 Å². The zero-order valence-corrected chi connectivity index (χ0v) is 22.6. The van der Waals surface area contributed by atoms with E-state index in [4.69, 9.17) is 0 Å². The third-order valence-electron chi connectivity index (χ3n) is 8.58. The molecule has 0 aromatic heterocycles. The van der Waals surface area contributed by atoms with Crippen LogP contribution in [0.2, 0.25) is 0 Å². The zero-order chi connectivity index (χ0) is 26.7. The molecule has 0 aliphatic carbocycles. The highest BCUT2D eigenvalue weighted by Crippen LogP contribution is 2.43. The van der Waals surface area contributed by atoms with E-state index >= 15 is 0 Å². The van der Waals surface area contributed by atoms with Gasteiger partial charge in [0.1, 0.15) is 6.04 Å². The van der Waals surface area contributed by atoms with Gasteiger partial charge in [-0.05, 0) is 76.1 Å². The van der Waals surface area contributed by atoms with Crippen molar-refractivity contribution in [2.75, 3.05) is 31.1 Å². The highest BCUT2D eigenvalue weighted by molar-refractivity contribution is 6.08. The second kappa shape index (κ2) is 11.3. The van der Waals surface area contributed by atoms with E-state index in [1.54, 1.807) is 0 Å². The van der Waals surface area contributed by atoms with Gasteiger partial charge >= 0.3 is 0 Å². The third-order valence-corrected chi connectivity index (χ3v) is 8.58. The lowest BCUT2D eigenvalue weighted by Gasteiger charge is -2.39. The predicted molar refractivity (Wildman–Crippen MR) is 149 cm³/mol. The molecule has 2 saturated heterocycles. The summed E-state index contributed by atoms with van der Waals surface area (Å²) >= 11 is 0. The Kier molecular flexibility index (Phi) is 7.84. The van der Waals surface area contributed by atoms with Gasteiger partial charge in [0.05, 0.1) is 11.3 Å². The molecule has 0 saturated carbocycles. The van der Waals surface area contributed by atoms with E-state index in [1.165, 1.54) is 0 Å². The monoisotopic (exact) mass is 516 g/mol. The summed E-state index contributed by atoms with van der Waals surface area (Å²) in [7, 11) is 0. The van der Waals surface area contributed by atoms with Crippen molar-refractivity contribution in [2.24, 2.45) is 5.92 Å². The molecule has 3 aliphatic heterocycles.